The molecule has 2 rings (SSSR count). The Balaban J connectivity index is 2.43. The Morgan fingerprint density at radius 1 is 1.62 bits per heavy atom. The summed E-state index contributed by atoms with van der Waals surface area (Å²) in [5.74, 6) is 0.499. The van der Waals surface area contributed by atoms with Gasteiger partial charge in [0.1, 0.15) is 0 Å². The minimum absolute atomic E-state index is 0.0782. The van der Waals surface area contributed by atoms with Crippen molar-refractivity contribution in [2.24, 2.45) is 5.92 Å². The topological polar surface area (TPSA) is 45.2 Å². The van der Waals surface area contributed by atoms with Gasteiger partial charge >= 0.3 is 0 Å². The van der Waals surface area contributed by atoms with Crippen molar-refractivity contribution >= 4 is 17.3 Å². The fraction of sp³-hybridized carbons (Fsp3) is 0.500. The van der Waals surface area contributed by atoms with E-state index in [1.165, 1.54) is 0 Å². The first-order valence-electron chi connectivity index (χ1n) is 5.59. The zero-order valence-electron chi connectivity index (χ0n) is 9.90. The van der Waals surface area contributed by atoms with Crippen molar-refractivity contribution < 1.29 is 4.79 Å². The smallest absolute Gasteiger partial charge is 0.224 e. The van der Waals surface area contributed by atoms with Crippen molar-refractivity contribution in [1.82, 2.24) is 4.98 Å². The molecule has 0 unspecified atom stereocenters. The van der Waals surface area contributed by atoms with E-state index in [4.69, 9.17) is 0 Å². The van der Waals surface area contributed by atoms with E-state index >= 15 is 0 Å². The van der Waals surface area contributed by atoms with Crippen LogP contribution in [0.25, 0.3) is 0 Å². The molecule has 16 heavy (non-hydrogen) atoms. The van der Waals surface area contributed by atoms with Crippen LogP contribution in [-0.4, -0.2) is 23.5 Å². The number of carbonyl (C=O) groups excluding carboxylic acids is 1. The summed E-state index contributed by atoms with van der Waals surface area (Å²) >= 11 is 0. The van der Waals surface area contributed by atoms with E-state index < -0.39 is 0 Å². The van der Waals surface area contributed by atoms with Crippen LogP contribution >= 0.6 is 0 Å². The number of anilines is 2. The van der Waals surface area contributed by atoms with Gasteiger partial charge in [0.2, 0.25) is 5.91 Å². The Hall–Kier alpha value is -1.58. The number of fused-ring (bicyclic) bond motifs is 1. The molecule has 0 saturated carbocycles. The van der Waals surface area contributed by atoms with Crippen LogP contribution in [0, 0.1) is 5.92 Å². The number of hydrogen-bond donors (Lipinski definition) is 1. The molecule has 0 bridgehead atoms. The first kappa shape index (κ1) is 10.9. The molecule has 1 aliphatic heterocycles. The molecule has 0 saturated heterocycles. The summed E-state index contributed by atoms with van der Waals surface area (Å²) in [4.78, 5) is 17.7. The predicted octanol–water partition coefficient (Wildman–Crippen LogP) is 1.88. The number of pyridine rings is 1. The van der Waals surface area contributed by atoms with Crippen LogP contribution in [0.3, 0.4) is 0 Å². The molecule has 1 aliphatic rings. The Bertz CT molecular complexity index is 403. The standard InChI is InChI=1S/C12H17N3O/c1-8(2)11-7-14-10-4-5-13-6-12(10)15(11)9(3)16/h4-6,8,11,14H,7H2,1-3H3/t11-/m1/s1. The van der Waals surface area contributed by atoms with E-state index in [-0.39, 0.29) is 11.9 Å². The van der Waals surface area contributed by atoms with Gasteiger partial charge in [-0.2, -0.15) is 0 Å². The van der Waals surface area contributed by atoms with Gasteiger partial charge in [0.25, 0.3) is 0 Å². The average Bonchev–Trinajstić information content (AvgIpc) is 2.27. The maximum absolute atomic E-state index is 11.7. The summed E-state index contributed by atoms with van der Waals surface area (Å²) in [6.07, 6.45) is 3.48. The van der Waals surface area contributed by atoms with Gasteiger partial charge in [-0.15, -0.1) is 0 Å². The van der Waals surface area contributed by atoms with Crippen LogP contribution in [0.1, 0.15) is 20.8 Å². The monoisotopic (exact) mass is 219 g/mol. The molecule has 1 amide bonds. The Morgan fingerprint density at radius 3 is 3.00 bits per heavy atom. The number of nitrogens with one attached hydrogen (secondary N) is 1. The highest BCUT2D eigenvalue weighted by Gasteiger charge is 2.30. The van der Waals surface area contributed by atoms with E-state index in [1.807, 2.05) is 11.0 Å². The van der Waals surface area contributed by atoms with Crippen molar-refractivity contribution in [3.63, 3.8) is 0 Å². The van der Waals surface area contributed by atoms with Gasteiger partial charge in [0.15, 0.2) is 0 Å². The van der Waals surface area contributed by atoms with Gasteiger partial charge in [0.05, 0.1) is 23.6 Å². The first-order chi connectivity index (χ1) is 7.61. The van der Waals surface area contributed by atoms with E-state index in [0.29, 0.717) is 5.92 Å². The van der Waals surface area contributed by atoms with Crippen LogP contribution < -0.4 is 10.2 Å². The molecule has 1 N–H and O–H groups in total. The number of hydrogen-bond acceptors (Lipinski definition) is 3. The number of amides is 1. The summed E-state index contributed by atoms with van der Waals surface area (Å²) < 4.78 is 0. The molecule has 0 aliphatic carbocycles. The zero-order valence-corrected chi connectivity index (χ0v) is 9.90. The number of carbonyl (C=O) groups is 1. The van der Waals surface area contributed by atoms with Crippen LogP contribution in [0.2, 0.25) is 0 Å². The number of rotatable bonds is 1. The minimum Gasteiger partial charge on any atom is -0.381 e. The first-order valence-corrected chi connectivity index (χ1v) is 5.59. The SMILES string of the molecule is CC(=O)N1c2cnccc2NC[C@@H]1C(C)C. The van der Waals surface area contributed by atoms with Gasteiger partial charge in [-0.05, 0) is 12.0 Å². The van der Waals surface area contributed by atoms with E-state index in [2.05, 4.69) is 24.1 Å². The molecule has 1 atom stereocenters. The third kappa shape index (κ3) is 1.75. The Labute approximate surface area is 95.7 Å². The molecule has 0 spiro atoms. The zero-order chi connectivity index (χ0) is 11.7. The molecule has 4 heteroatoms. The number of nitrogens with zero attached hydrogens (tertiary/aromatic N) is 2. The lowest BCUT2D eigenvalue weighted by Gasteiger charge is -2.39. The molecule has 0 aromatic carbocycles. The van der Waals surface area contributed by atoms with Gasteiger partial charge in [0, 0.05) is 19.7 Å². The van der Waals surface area contributed by atoms with Crippen LogP contribution in [-0.2, 0) is 4.79 Å². The molecule has 0 fully saturated rings. The van der Waals surface area contributed by atoms with Crippen molar-refractivity contribution in [3.05, 3.63) is 18.5 Å². The summed E-state index contributed by atoms with van der Waals surface area (Å²) in [7, 11) is 0. The van der Waals surface area contributed by atoms with Crippen molar-refractivity contribution in [3.8, 4) is 0 Å². The van der Waals surface area contributed by atoms with Gasteiger partial charge in [-0.3, -0.25) is 9.78 Å². The number of aromatic nitrogens is 1. The second-order valence-electron chi connectivity index (χ2n) is 4.47. The van der Waals surface area contributed by atoms with Gasteiger partial charge < -0.3 is 10.2 Å². The van der Waals surface area contributed by atoms with Crippen molar-refractivity contribution in [2.75, 3.05) is 16.8 Å². The summed E-state index contributed by atoms with van der Waals surface area (Å²) in [6.45, 7) is 6.67. The maximum Gasteiger partial charge on any atom is 0.224 e. The second-order valence-corrected chi connectivity index (χ2v) is 4.47. The quantitative estimate of drug-likeness (QED) is 0.784. The highest BCUT2D eigenvalue weighted by atomic mass is 16.2. The predicted molar refractivity (Wildman–Crippen MR) is 64.5 cm³/mol. The van der Waals surface area contributed by atoms with E-state index in [9.17, 15) is 4.79 Å². The lowest BCUT2D eigenvalue weighted by Crippen LogP contribution is -2.49. The second kappa shape index (κ2) is 4.12. The maximum atomic E-state index is 11.7. The van der Waals surface area contributed by atoms with Crippen molar-refractivity contribution in [2.45, 2.75) is 26.8 Å². The third-order valence-corrected chi connectivity index (χ3v) is 3.00. The van der Waals surface area contributed by atoms with E-state index in [1.54, 1.807) is 19.3 Å². The lowest BCUT2D eigenvalue weighted by atomic mass is 9.99. The van der Waals surface area contributed by atoms with Crippen LogP contribution in [0.4, 0.5) is 11.4 Å². The molecular formula is C12H17N3O. The molecule has 1 aromatic rings. The summed E-state index contributed by atoms with van der Waals surface area (Å²) in [5.41, 5.74) is 1.88. The van der Waals surface area contributed by atoms with Crippen molar-refractivity contribution in [1.29, 1.82) is 0 Å². The lowest BCUT2D eigenvalue weighted by molar-refractivity contribution is -0.117. The molecular weight excluding hydrogens is 202 g/mol. The highest BCUT2D eigenvalue weighted by Crippen LogP contribution is 2.32. The molecule has 1 aromatic heterocycles. The normalized spacial score (nSPS) is 19.2. The average molecular weight is 219 g/mol. The highest BCUT2D eigenvalue weighted by molar-refractivity contribution is 5.96. The fourth-order valence-electron chi connectivity index (χ4n) is 2.15. The molecule has 0 radical (unpaired) electrons. The van der Waals surface area contributed by atoms with Gasteiger partial charge in [-0.25, -0.2) is 0 Å². The van der Waals surface area contributed by atoms with Crippen LogP contribution in [0.15, 0.2) is 18.5 Å². The fourth-order valence-corrected chi connectivity index (χ4v) is 2.15. The summed E-state index contributed by atoms with van der Waals surface area (Å²) in [5, 5.41) is 3.34. The molecule has 2 heterocycles. The minimum atomic E-state index is 0.0782. The Morgan fingerprint density at radius 2 is 2.38 bits per heavy atom. The van der Waals surface area contributed by atoms with Gasteiger partial charge in [-0.1, -0.05) is 13.8 Å². The Kier molecular flexibility index (Phi) is 2.81. The van der Waals surface area contributed by atoms with E-state index in [0.717, 1.165) is 17.9 Å². The third-order valence-electron chi connectivity index (χ3n) is 3.00. The largest absolute Gasteiger partial charge is 0.381 e. The molecule has 86 valence electrons. The molecule has 4 nitrogen and oxygen atoms in total. The van der Waals surface area contributed by atoms with Crippen LogP contribution in [0.5, 0.6) is 0 Å². The summed E-state index contributed by atoms with van der Waals surface area (Å²) in [6, 6.07) is 2.11.